The van der Waals surface area contributed by atoms with Crippen molar-refractivity contribution in [2.24, 2.45) is 0 Å². The minimum atomic E-state index is -0.833. The van der Waals surface area contributed by atoms with E-state index in [0.717, 1.165) is 48.9 Å². The lowest BCUT2D eigenvalue weighted by molar-refractivity contribution is -0.134. The molecular weight excluding hydrogens is 330 g/mol. The zero-order valence-corrected chi connectivity index (χ0v) is 15.7. The Morgan fingerprint density at radius 1 is 1.19 bits per heavy atom. The quantitative estimate of drug-likeness (QED) is 0.895. The molecule has 0 unspecified atom stereocenters. The molecule has 6 heteroatoms. The van der Waals surface area contributed by atoms with Gasteiger partial charge in [0, 0.05) is 51.9 Å². The summed E-state index contributed by atoms with van der Waals surface area (Å²) in [5.74, 6) is 0.241. The Hall–Kier alpha value is -2.89. The minimum absolute atomic E-state index is 0.115. The molecule has 3 rings (SSSR count). The molecular formula is C20H25N3O3. The number of carbonyl (C=O) groups excluding carboxylic acids is 1. The molecule has 1 aliphatic heterocycles. The van der Waals surface area contributed by atoms with Crippen LogP contribution in [0.1, 0.15) is 25.8 Å². The topological polar surface area (TPSA) is 73.7 Å². The number of aryl methyl sites for hydroxylation is 1. The maximum Gasteiger partial charge on any atom is 0.300 e. The average molecular weight is 355 g/mol. The number of fused-ring (bicyclic) bond motifs is 1. The molecule has 6 nitrogen and oxygen atoms in total. The number of carboxylic acids is 1. The van der Waals surface area contributed by atoms with Crippen molar-refractivity contribution in [1.82, 2.24) is 4.98 Å². The van der Waals surface area contributed by atoms with Gasteiger partial charge in [-0.25, -0.2) is 4.98 Å². The fourth-order valence-corrected chi connectivity index (χ4v) is 3.07. The van der Waals surface area contributed by atoms with Crippen molar-refractivity contribution in [2.45, 2.75) is 26.7 Å². The van der Waals surface area contributed by atoms with Crippen molar-refractivity contribution in [2.75, 3.05) is 30.4 Å². The predicted octanol–water partition coefficient (Wildman–Crippen LogP) is 3.20. The van der Waals surface area contributed by atoms with Gasteiger partial charge in [0.25, 0.3) is 5.97 Å². The number of rotatable bonds is 2. The van der Waals surface area contributed by atoms with Crippen molar-refractivity contribution < 1.29 is 14.7 Å². The number of pyridine rings is 1. The Kier molecular flexibility index (Phi) is 6.33. The Labute approximate surface area is 154 Å². The fourth-order valence-electron chi connectivity index (χ4n) is 3.07. The monoisotopic (exact) mass is 355 g/mol. The van der Waals surface area contributed by atoms with Gasteiger partial charge in [-0.05, 0) is 48.2 Å². The van der Waals surface area contributed by atoms with Gasteiger partial charge in [0.05, 0.1) is 0 Å². The van der Waals surface area contributed by atoms with Crippen LogP contribution in [0.2, 0.25) is 0 Å². The standard InChI is InChI=1S/C18H21N3O.C2H4O2/c1-13(22)21-11-5-6-15-12-14(8-9-17(15)21)16-7-4-10-19-18(16)20(2)3;1-2(3)4/h4,7-10,12H,5-6,11H2,1-3H3;1H3,(H,3,4). The third kappa shape index (κ3) is 4.59. The Morgan fingerprint density at radius 3 is 2.50 bits per heavy atom. The molecule has 1 aliphatic rings. The highest BCUT2D eigenvalue weighted by atomic mass is 16.4. The molecule has 2 heterocycles. The second kappa shape index (κ2) is 8.47. The van der Waals surface area contributed by atoms with Crippen LogP contribution in [0.15, 0.2) is 36.5 Å². The SMILES string of the molecule is CC(=O)N1CCCc2cc(-c3cccnc3N(C)C)ccc21.CC(=O)O. The number of carboxylic acid groups (broad SMARTS) is 1. The van der Waals surface area contributed by atoms with E-state index in [1.807, 2.05) is 36.2 Å². The summed E-state index contributed by atoms with van der Waals surface area (Å²) in [5, 5.41) is 7.42. The molecule has 0 bridgehead atoms. The number of aromatic nitrogens is 1. The van der Waals surface area contributed by atoms with Gasteiger partial charge in [-0.2, -0.15) is 0 Å². The lowest BCUT2D eigenvalue weighted by atomic mass is 9.96. The van der Waals surface area contributed by atoms with Crippen molar-refractivity contribution in [3.05, 3.63) is 42.1 Å². The van der Waals surface area contributed by atoms with E-state index in [1.54, 1.807) is 6.92 Å². The first-order valence-corrected chi connectivity index (χ1v) is 8.54. The lowest BCUT2D eigenvalue weighted by Gasteiger charge is -2.29. The van der Waals surface area contributed by atoms with E-state index < -0.39 is 5.97 Å². The van der Waals surface area contributed by atoms with Crippen LogP contribution in [-0.2, 0) is 16.0 Å². The van der Waals surface area contributed by atoms with Gasteiger partial charge in [0.15, 0.2) is 0 Å². The number of anilines is 2. The van der Waals surface area contributed by atoms with E-state index >= 15 is 0 Å². The molecule has 0 saturated heterocycles. The summed E-state index contributed by atoms with van der Waals surface area (Å²) in [4.78, 5) is 29.1. The maximum absolute atomic E-state index is 11.8. The van der Waals surface area contributed by atoms with Crippen LogP contribution in [0.4, 0.5) is 11.5 Å². The van der Waals surface area contributed by atoms with Crippen LogP contribution in [-0.4, -0.2) is 42.6 Å². The van der Waals surface area contributed by atoms with Crippen LogP contribution in [0.25, 0.3) is 11.1 Å². The van der Waals surface area contributed by atoms with Gasteiger partial charge in [0.1, 0.15) is 5.82 Å². The minimum Gasteiger partial charge on any atom is -0.481 e. The summed E-state index contributed by atoms with van der Waals surface area (Å²) in [6, 6.07) is 10.4. The Morgan fingerprint density at radius 2 is 1.88 bits per heavy atom. The average Bonchev–Trinajstić information content (AvgIpc) is 2.60. The predicted molar refractivity (Wildman–Crippen MR) is 104 cm³/mol. The van der Waals surface area contributed by atoms with Crippen LogP contribution in [0.5, 0.6) is 0 Å². The highest BCUT2D eigenvalue weighted by Crippen LogP contribution is 2.34. The smallest absolute Gasteiger partial charge is 0.300 e. The third-order valence-corrected chi connectivity index (χ3v) is 4.10. The molecule has 1 aromatic carbocycles. The molecule has 0 fully saturated rings. The van der Waals surface area contributed by atoms with Crippen molar-refractivity contribution in [3.63, 3.8) is 0 Å². The van der Waals surface area contributed by atoms with E-state index in [9.17, 15) is 4.79 Å². The number of nitrogens with zero attached hydrogens (tertiary/aromatic N) is 3. The zero-order valence-electron chi connectivity index (χ0n) is 15.7. The van der Waals surface area contributed by atoms with Gasteiger partial charge in [-0.1, -0.05) is 6.07 Å². The Balaban J connectivity index is 0.000000552. The molecule has 26 heavy (non-hydrogen) atoms. The lowest BCUT2D eigenvalue weighted by Crippen LogP contribution is -2.33. The molecule has 0 aliphatic carbocycles. The number of amides is 1. The molecule has 0 spiro atoms. The van der Waals surface area contributed by atoms with E-state index in [4.69, 9.17) is 9.90 Å². The summed E-state index contributed by atoms with van der Waals surface area (Å²) in [6.45, 7) is 3.53. The van der Waals surface area contributed by atoms with Gasteiger partial charge < -0.3 is 14.9 Å². The molecule has 0 radical (unpaired) electrons. The second-order valence-corrected chi connectivity index (χ2v) is 6.41. The molecule has 1 N–H and O–H groups in total. The maximum atomic E-state index is 11.8. The molecule has 0 atom stereocenters. The molecule has 0 saturated carbocycles. The first-order valence-electron chi connectivity index (χ1n) is 8.54. The first kappa shape index (κ1) is 19.4. The largest absolute Gasteiger partial charge is 0.481 e. The Bertz CT molecular complexity index is 799. The van der Waals surface area contributed by atoms with E-state index in [0.29, 0.717) is 0 Å². The van der Waals surface area contributed by atoms with Gasteiger partial charge >= 0.3 is 0 Å². The zero-order chi connectivity index (χ0) is 19.3. The van der Waals surface area contributed by atoms with E-state index in [2.05, 4.69) is 29.2 Å². The molecule has 138 valence electrons. The number of hydrogen-bond acceptors (Lipinski definition) is 4. The second-order valence-electron chi connectivity index (χ2n) is 6.41. The number of benzene rings is 1. The van der Waals surface area contributed by atoms with E-state index in [1.165, 1.54) is 5.56 Å². The fraction of sp³-hybridized carbons (Fsp3) is 0.350. The van der Waals surface area contributed by atoms with Crippen molar-refractivity contribution in [1.29, 1.82) is 0 Å². The first-order chi connectivity index (χ1) is 12.3. The number of carbonyl (C=O) groups is 2. The van der Waals surface area contributed by atoms with Crippen LogP contribution in [0.3, 0.4) is 0 Å². The molecule has 1 aromatic heterocycles. The van der Waals surface area contributed by atoms with Gasteiger partial charge in [0.2, 0.25) is 5.91 Å². The normalized spacial score (nSPS) is 12.5. The number of aliphatic carboxylic acids is 1. The van der Waals surface area contributed by atoms with Gasteiger partial charge in [-0.15, -0.1) is 0 Å². The highest BCUT2D eigenvalue weighted by molar-refractivity contribution is 5.93. The van der Waals surface area contributed by atoms with Crippen LogP contribution >= 0.6 is 0 Å². The highest BCUT2D eigenvalue weighted by Gasteiger charge is 2.20. The van der Waals surface area contributed by atoms with Crippen molar-refractivity contribution in [3.8, 4) is 11.1 Å². The van der Waals surface area contributed by atoms with Crippen LogP contribution < -0.4 is 9.80 Å². The summed E-state index contributed by atoms with van der Waals surface area (Å²) in [6.07, 6.45) is 3.85. The third-order valence-electron chi connectivity index (χ3n) is 4.10. The van der Waals surface area contributed by atoms with Crippen molar-refractivity contribution >= 4 is 23.4 Å². The van der Waals surface area contributed by atoms with E-state index in [-0.39, 0.29) is 5.91 Å². The molecule has 2 aromatic rings. The summed E-state index contributed by atoms with van der Waals surface area (Å²) >= 11 is 0. The summed E-state index contributed by atoms with van der Waals surface area (Å²) < 4.78 is 0. The summed E-state index contributed by atoms with van der Waals surface area (Å²) in [5.41, 5.74) is 4.57. The van der Waals surface area contributed by atoms with Crippen LogP contribution in [0, 0.1) is 0 Å². The molecule has 1 amide bonds. The van der Waals surface area contributed by atoms with Gasteiger partial charge in [-0.3, -0.25) is 9.59 Å². The number of hydrogen-bond donors (Lipinski definition) is 1. The summed E-state index contributed by atoms with van der Waals surface area (Å²) in [7, 11) is 4.00.